The van der Waals surface area contributed by atoms with Crippen molar-refractivity contribution in [2.24, 2.45) is 0 Å². The number of carbonyl (C=O) groups is 1. The molecule has 1 unspecified atom stereocenters. The molecule has 0 aromatic heterocycles. The highest BCUT2D eigenvalue weighted by Crippen LogP contribution is 2.23. The van der Waals surface area contributed by atoms with E-state index in [0.29, 0.717) is 12.3 Å². The molecule has 1 fully saturated rings. The summed E-state index contributed by atoms with van der Waals surface area (Å²) in [5.41, 5.74) is 1.22. The molecule has 1 N–H and O–H groups in total. The van der Waals surface area contributed by atoms with Crippen molar-refractivity contribution < 1.29 is 4.79 Å². The average molecular weight is 193 g/mol. The third kappa shape index (κ3) is 1.86. The first-order valence-corrected chi connectivity index (χ1v) is 4.76. The molecule has 13 heavy (non-hydrogen) atoms. The molecular formula is C10H11NOS. The van der Waals surface area contributed by atoms with Crippen LogP contribution in [0.1, 0.15) is 17.9 Å². The van der Waals surface area contributed by atoms with E-state index in [-0.39, 0.29) is 5.91 Å². The van der Waals surface area contributed by atoms with Gasteiger partial charge in [-0.05, 0) is 17.7 Å². The van der Waals surface area contributed by atoms with Crippen LogP contribution in [0.25, 0.3) is 0 Å². The largest absolute Gasteiger partial charge is 0.355 e. The van der Waals surface area contributed by atoms with E-state index in [2.05, 4.69) is 17.9 Å². The summed E-state index contributed by atoms with van der Waals surface area (Å²) >= 11 is 4.21. The summed E-state index contributed by atoms with van der Waals surface area (Å²) in [6.45, 7) is 0.769. The van der Waals surface area contributed by atoms with E-state index in [1.54, 1.807) is 0 Å². The van der Waals surface area contributed by atoms with E-state index in [0.717, 1.165) is 11.4 Å². The van der Waals surface area contributed by atoms with Gasteiger partial charge in [-0.1, -0.05) is 12.1 Å². The van der Waals surface area contributed by atoms with E-state index in [1.807, 2.05) is 24.3 Å². The number of amides is 1. The summed E-state index contributed by atoms with van der Waals surface area (Å²) in [5.74, 6) is 0.501. The number of hydrogen-bond acceptors (Lipinski definition) is 2. The second-order valence-corrected chi connectivity index (χ2v) is 3.81. The molecule has 0 bridgehead atoms. The van der Waals surface area contributed by atoms with Gasteiger partial charge in [0.25, 0.3) is 0 Å². The summed E-state index contributed by atoms with van der Waals surface area (Å²) in [7, 11) is 0. The summed E-state index contributed by atoms with van der Waals surface area (Å²) < 4.78 is 0. The second-order valence-electron chi connectivity index (χ2n) is 3.30. The van der Waals surface area contributed by atoms with Crippen LogP contribution < -0.4 is 5.32 Å². The first-order chi connectivity index (χ1) is 6.25. The van der Waals surface area contributed by atoms with Gasteiger partial charge in [-0.15, -0.1) is 12.6 Å². The Morgan fingerprint density at radius 2 is 2.00 bits per heavy atom. The number of carbonyl (C=O) groups excluding carboxylic acids is 1. The van der Waals surface area contributed by atoms with Crippen molar-refractivity contribution in [3.8, 4) is 0 Å². The molecule has 1 aromatic carbocycles. The van der Waals surface area contributed by atoms with Crippen LogP contribution in [0.5, 0.6) is 0 Å². The maximum atomic E-state index is 11.0. The summed E-state index contributed by atoms with van der Waals surface area (Å²) in [4.78, 5) is 11.9. The Labute approximate surface area is 82.8 Å². The van der Waals surface area contributed by atoms with Crippen molar-refractivity contribution in [3.05, 3.63) is 29.8 Å². The molecule has 1 atom stereocenters. The number of thiol groups is 1. The van der Waals surface area contributed by atoms with Gasteiger partial charge in [0.1, 0.15) is 0 Å². The quantitative estimate of drug-likeness (QED) is 0.651. The lowest BCUT2D eigenvalue weighted by atomic mass is 9.99. The molecule has 3 heteroatoms. The SMILES string of the molecule is O=C1CC(c2ccc(S)cc2)CN1. The predicted octanol–water partition coefficient (Wildman–Crippen LogP) is 1.58. The van der Waals surface area contributed by atoms with Gasteiger partial charge in [-0.3, -0.25) is 4.79 Å². The maximum absolute atomic E-state index is 11.0. The van der Waals surface area contributed by atoms with Crippen LogP contribution in [-0.2, 0) is 4.79 Å². The zero-order valence-electron chi connectivity index (χ0n) is 7.16. The molecule has 0 aliphatic carbocycles. The van der Waals surface area contributed by atoms with E-state index in [9.17, 15) is 4.79 Å². The van der Waals surface area contributed by atoms with E-state index in [4.69, 9.17) is 0 Å². The van der Waals surface area contributed by atoms with Gasteiger partial charge < -0.3 is 5.32 Å². The minimum atomic E-state index is 0.153. The predicted molar refractivity (Wildman–Crippen MR) is 54.1 cm³/mol. The van der Waals surface area contributed by atoms with Crippen molar-refractivity contribution in [2.75, 3.05) is 6.54 Å². The molecule has 2 rings (SSSR count). The van der Waals surface area contributed by atoms with Crippen LogP contribution in [0.3, 0.4) is 0 Å². The van der Waals surface area contributed by atoms with Crippen molar-refractivity contribution in [1.29, 1.82) is 0 Å². The van der Waals surface area contributed by atoms with Gasteiger partial charge in [0.2, 0.25) is 5.91 Å². The number of rotatable bonds is 1. The van der Waals surface area contributed by atoms with Crippen LogP contribution in [0.2, 0.25) is 0 Å². The van der Waals surface area contributed by atoms with Crippen molar-refractivity contribution in [1.82, 2.24) is 5.32 Å². The molecule has 0 radical (unpaired) electrons. The molecule has 1 aliphatic heterocycles. The third-order valence-corrected chi connectivity index (χ3v) is 2.64. The molecular weight excluding hydrogens is 182 g/mol. The number of hydrogen-bond donors (Lipinski definition) is 2. The zero-order chi connectivity index (χ0) is 9.26. The first kappa shape index (κ1) is 8.63. The first-order valence-electron chi connectivity index (χ1n) is 4.31. The molecule has 1 saturated heterocycles. The summed E-state index contributed by atoms with van der Waals surface area (Å²) in [6.07, 6.45) is 0.617. The maximum Gasteiger partial charge on any atom is 0.220 e. The molecule has 0 saturated carbocycles. The van der Waals surface area contributed by atoms with E-state index < -0.39 is 0 Å². The van der Waals surface area contributed by atoms with Crippen molar-refractivity contribution in [2.45, 2.75) is 17.2 Å². The lowest BCUT2D eigenvalue weighted by Gasteiger charge is -2.06. The molecule has 68 valence electrons. The van der Waals surface area contributed by atoms with Gasteiger partial charge in [0, 0.05) is 23.8 Å². The summed E-state index contributed by atoms with van der Waals surface area (Å²) in [6, 6.07) is 7.99. The molecule has 0 spiro atoms. The standard InChI is InChI=1S/C10H11NOS/c12-10-5-8(6-11-10)7-1-3-9(13)4-2-7/h1-4,8,13H,5-6H2,(H,11,12). The minimum absolute atomic E-state index is 0.153. The number of benzene rings is 1. The fraction of sp³-hybridized carbons (Fsp3) is 0.300. The molecule has 1 aliphatic rings. The van der Waals surface area contributed by atoms with Gasteiger partial charge in [-0.2, -0.15) is 0 Å². The normalized spacial score (nSPS) is 21.6. The fourth-order valence-corrected chi connectivity index (χ4v) is 1.74. The smallest absolute Gasteiger partial charge is 0.220 e. The monoisotopic (exact) mass is 193 g/mol. The Morgan fingerprint density at radius 3 is 2.54 bits per heavy atom. The zero-order valence-corrected chi connectivity index (χ0v) is 8.05. The van der Waals surface area contributed by atoms with Crippen LogP contribution in [0.15, 0.2) is 29.2 Å². The molecule has 2 nitrogen and oxygen atoms in total. The topological polar surface area (TPSA) is 29.1 Å². The Bertz CT molecular complexity index is 320. The van der Waals surface area contributed by atoms with Gasteiger partial charge in [-0.25, -0.2) is 0 Å². The highest BCUT2D eigenvalue weighted by molar-refractivity contribution is 7.80. The van der Waals surface area contributed by atoms with Crippen molar-refractivity contribution >= 4 is 18.5 Å². The van der Waals surface area contributed by atoms with E-state index in [1.165, 1.54) is 5.56 Å². The van der Waals surface area contributed by atoms with Crippen LogP contribution in [-0.4, -0.2) is 12.5 Å². The lowest BCUT2D eigenvalue weighted by molar-refractivity contribution is -0.119. The van der Waals surface area contributed by atoms with Gasteiger partial charge >= 0.3 is 0 Å². The van der Waals surface area contributed by atoms with Gasteiger partial charge in [0.05, 0.1) is 0 Å². The van der Waals surface area contributed by atoms with Crippen LogP contribution >= 0.6 is 12.6 Å². The Hall–Kier alpha value is -0.960. The van der Waals surface area contributed by atoms with Crippen LogP contribution in [0, 0.1) is 0 Å². The fourth-order valence-electron chi connectivity index (χ4n) is 1.59. The van der Waals surface area contributed by atoms with E-state index >= 15 is 0 Å². The summed E-state index contributed by atoms with van der Waals surface area (Å²) in [5, 5.41) is 2.82. The molecule has 1 aromatic rings. The minimum Gasteiger partial charge on any atom is -0.355 e. The Kier molecular flexibility index (Phi) is 2.27. The highest BCUT2D eigenvalue weighted by atomic mass is 32.1. The molecule has 1 amide bonds. The second kappa shape index (κ2) is 3.42. The third-order valence-electron chi connectivity index (χ3n) is 2.34. The average Bonchev–Trinajstić information content (AvgIpc) is 2.53. The highest BCUT2D eigenvalue weighted by Gasteiger charge is 2.22. The lowest BCUT2D eigenvalue weighted by Crippen LogP contribution is -2.13. The Morgan fingerprint density at radius 1 is 1.31 bits per heavy atom. The van der Waals surface area contributed by atoms with Gasteiger partial charge in [0.15, 0.2) is 0 Å². The van der Waals surface area contributed by atoms with Crippen molar-refractivity contribution in [3.63, 3.8) is 0 Å². The molecule has 1 heterocycles. The van der Waals surface area contributed by atoms with Crippen LogP contribution in [0.4, 0.5) is 0 Å². The Balaban J connectivity index is 2.17. The number of nitrogens with one attached hydrogen (secondary N) is 1.